The zero-order chi connectivity index (χ0) is 62.4. The van der Waals surface area contributed by atoms with Crippen LogP contribution >= 0.6 is 11.8 Å². The molecule has 0 aromatic carbocycles. The maximum Gasteiger partial charge on any atom is 0.312 e. The van der Waals surface area contributed by atoms with Gasteiger partial charge < -0.3 is 52.1 Å². The lowest BCUT2D eigenvalue weighted by Gasteiger charge is -2.44. The van der Waals surface area contributed by atoms with E-state index in [-0.39, 0.29) is 208 Å². The quantitative estimate of drug-likeness (QED) is 0.114. The summed E-state index contributed by atoms with van der Waals surface area (Å²) in [6.07, 6.45) is 9.27. The summed E-state index contributed by atoms with van der Waals surface area (Å²) in [7, 11) is 0. The predicted molar refractivity (Wildman–Crippen MR) is 304 cm³/mol. The van der Waals surface area contributed by atoms with Gasteiger partial charge >= 0.3 is 59.7 Å². The first-order valence-electron chi connectivity index (χ1n) is 32.8. The molecule has 9 aliphatic heterocycles. The van der Waals surface area contributed by atoms with Crippen molar-refractivity contribution in [2.45, 2.75) is 250 Å². The maximum absolute atomic E-state index is 11.9. The molecule has 87 heavy (non-hydrogen) atoms. The van der Waals surface area contributed by atoms with Crippen LogP contribution in [-0.4, -0.2) is 143 Å². The summed E-state index contributed by atoms with van der Waals surface area (Å²) >= 11 is 1.76. The Morgan fingerprint density at radius 1 is 0.448 bits per heavy atom. The first kappa shape index (κ1) is 63.6. The van der Waals surface area contributed by atoms with E-state index in [4.69, 9.17) is 52.1 Å². The largest absolute Gasteiger partial charge is 0.458 e. The van der Waals surface area contributed by atoms with Crippen molar-refractivity contribution in [2.24, 2.45) is 94.2 Å². The van der Waals surface area contributed by atoms with Crippen LogP contribution in [0.5, 0.6) is 0 Å². The Kier molecular flexibility index (Phi) is 18.3. The first-order chi connectivity index (χ1) is 41.4. The van der Waals surface area contributed by atoms with Gasteiger partial charge in [0.25, 0.3) is 0 Å². The lowest BCUT2D eigenvalue weighted by atomic mass is 9.63. The molecule has 16 rings (SSSR count). The molecule has 0 spiro atoms. The number of fused-ring (bicyclic) bond motifs is 5. The highest BCUT2D eigenvalue weighted by atomic mass is 32.2. The molecule has 30 atom stereocenters. The lowest BCUT2D eigenvalue weighted by molar-refractivity contribution is -0.176. The van der Waals surface area contributed by atoms with Gasteiger partial charge in [0.15, 0.2) is 24.4 Å². The first-order valence-corrected chi connectivity index (χ1v) is 33.7. The van der Waals surface area contributed by atoms with Crippen LogP contribution in [0.15, 0.2) is 0 Å². The monoisotopic (exact) mass is 1240 g/mol. The van der Waals surface area contributed by atoms with Gasteiger partial charge in [-0.25, -0.2) is 0 Å². The molecule has 0 N–H and O–H groups in total. The molecule has 21 nitrogen and oxygen atoms in total. The number of esters is 10. The van der Waals surface area contributed by atoms with E-state index in [1.807, 2.05) is 76.2 Å². The van der Waals surface area contributed by atoms with Crippen molar-refractivity contribution in [3.05, 3.63) is 0 Å². The molecular weight excluding hydrogens is 1150 g/mol. The second kappa shape index (κ2) is 25.0. The van der Waals surface area contributed by atoms with Crippen molar-refractivity contribution < 1.29 is 100 Å². The third-order valence-electron chi connectivity index (χ3n) is 23.0. The molecular formula is C65H90O21S. The highest BCUT2D eigenvalue weighted by Gasteiger charge is 2.70. The van der Waals surface area contributed by atoms with E-state index in [2.05, 4.69) is 0 Å². The van der Waals surface area contributed by atoms with Crippen molar-refractivity contribution in [3.8, 4) is 0 Å². The summed E-state index contributed by atoms with van der Waals surface area (Å²) in [6, 6.07) is 0. The average Bonchev–Trinajstić information content (AvgIpc) is 1.65. The number of hydrogen-bond acceptors (Lipinski definition) is 22. The molecule has 7 aliphatic carbocycles. The third kappa shape index (κ3) is 11.4. The standard InChI is InChI=1S/2C14H20O4.C13H18O4.C12H16O5.C12H16O4S/c1-4-7(2)12(15)17-10-8-5-9-11(10)18-13(16)14(9,3)6-8;1-3-7(2)13(15)17-11-8-4-5-9-10(6-8)14(16)18-12(9)11;1-3-6(2)12(14)16-10-7-4-8-9(5-7)13(15)17-11(8)10;1-3-5(2)11(13)16-9-7-4-6-8(15-7)10(9)17-12(6)14;1-3-5(2)11(13)15-8-7-4-6-10(17-7)9(8)16-12(6)14/h7-11H,4-6H2,1-3H3;7-12H,3-6H2,1-2H3;6-11H,3-5H2,1-2H3;2*5-10H,3-4H2,1-2H3. The zero-order valence-corrected chi connectivity index (χ0v) is 52.9. The molecule has 30 unspecified atom stereocenters. The number of carbonyl (C=O) groups excluding carboxylic acids is 10. The molecule has 0 aromatic rings. The number of hydrogen-bond donors (Lipinski definition) is 0. The van der Waals surface area contributed by atoms with Crippen LogP contribution in [0.4, 0.5) is 0 Å². The smallest absolute Gasteiger partial charge is 0.312 e. The molecule has 0 radical (unpaired) electrons. The Labute approximate surface area is 513 Å². The topological polar surface area (TPSA) is 272 Å². The SMILES string of the molecule is CCC(C)C(=O)OC1C2CC3C(=O)OC1C3C2.CCC(C)C(=O)OC1C2CC3C(=O)OC1C3O2.CCC(C)C(=O)OC1C2CC3C(=O)OC1C3S2.CCC(C)C(=O)OC1C2CC3C1OC(=O)C3(C)C2.CCC(C)C(=O)OC1C2CCC3C(C2)C(=O)OC31. The van der Waals surface area contributed by atoms with E-state index in [9.17, 15) is 47.9 Å². The van der Waals surface area contributed by atoms with Crippen molar-refractivity contribution >= 4 is 71.5 Å². The molecule has 12 bridgehead atoms. The fourth-order valence-corrected chi connectivity index (χ4v) is 18.4. The van der Waals surface area contributed by atoms with Gasteiger partial charge in [-0.2, -0.15) is 0 Å². The molecule has 22 heteroatoms. The van der Waals surface area contributed by atoms with E-state index >= 15 is 0 Å². The fraction of sp³-hybridized carbons (Fsp3) is 0.846. The van der Waals surface area contributed by atoms with Crippen LogP contribution in [0.1, 0.15) is 166 Å². The second-order valence-corrected chi connectivity index (χ2v) is 29.5. The predicted octanol–water partition coefficient (Wildman–Crippen LogP) is 7.39. The minimum absolute atomic E-state index is 0.0496. The molecule has 16 fully saturated rings. The summed E-state index contributed by atoms with van der Waals surface area (Å²) in [4.78, 5) is 117. The minimum atomic E-state index is -0.399. The van der Waals surface area contributed by atoms with E-state index in [1.54, 1.807) is 11.8 Å². The lowest BCUT2D eigenvalue weighted by Crippen LogP contribution is -2.50. The fourth-order valence-electron chi connectivity index (χ4n) is 16.6. The zero-order valence-electron chi connectivity index (χ0n) is 52.1. The number of thioether (sulfide) groups is 1. The van der Waals surface area contributed by atoms with Gasteiger partial charge in [-0.15, -0.1) is 11.8 Å². The highest BCUT2D eigenvalue weighted by molar-refractivity contribution is 8.01. The summed E-state index contributed by atoms with van der Waals surface area (Å²) in [6.45, 7) is 21.1. The minimum Gasteiger partial charge on any atom is -0.458 e. The third-order valence-corrected chi connectivity index (χ3v) is 24.7. The van der Waals surface area contributed by atoms with Gasteiger partial charge in [-0.05, 0) is 96.8 Å². The molecule has 9 heterocycles. The second-order valence-electron chi connectivity index (χ2n) is 28.1. The number of rotatable bonds is 15. The summed E-state index contributed by atoms with van der Waals surface area (Å²) < 4.78 is 60.2. The van der Waals surface area contributed by atoms with Gasteiger partial charge in [0.2, 0.25) is 0 Å². The Morgan fingerprint density at radius 2 is 0.897 bits per heavy atom. The molecule has 7 saturated carbocycles. The van der Waals surface area contributed by atoms with Crippen molar-refractivity contribution in [3.63, 3.8) is 0 Å². The van der Waals surface area contributed by atoms with Gasteiger partial charge in [0, 0.05) is 40.8 Å². The normalized spacial score (nSPS) is 43.9. The van der Waals surface area contributed by atoms with E-state index < -0.39 is 6.10 Å². The molecule has 482 valence electrons. The summed E-state index contributed by atoms with van der Waals surface area (Å²) in [5.41, 5.74) is -0.311. The van der Waals surface area contributed by atoms with Gasteiger partial charge in [-0.3, -0.25) is 47.9 Å². The van der Waals surface area contributed by atoms with Gasteiger partial charge in [-0.1, -0.05) is 69.2 Å². The Morgan fingerprint density at radius 3 is 1.46 bits per heavy atom. The van der Waals surface area contributed by atoms with Gasteiger partial charge in [0.1, 0.15) is 42.7 Å². The van der Waals surface area contributed by atoms with E-state index in [1.165, 1.54) is 0 Å². The molecule has 16 aliphatic rings. The summed E-state index contributed by atoms with van der Waals surface area (Å²) in [5, 5.41) is 0.483. The Bertz CT molecular complexity index is 2550. The molecule has 9 saturated heterocycles. The van der Waals surface area contributed by atoms with Crippen molar-refractivity contribution in [1.82, 2.24) is 0 Å². The highest BCUT2D eigenvalue weighted by Crippen LogP contribution is 2.63. The Balaban J connectivity index is 0.000000113. The van der Waals surface area contributed by atoms with Crippen LogP contribution in [0.3, 0.4) is 0 Å². The Hall–Kier alpha value is -4.99. The average molecular weight is 1240 g/mol. The van der Waals surface area contributed by atoms with E-state index in [0.717, 1.165) is 83.5 Å². The van der Waals surface area contributed by atoms with Gasteiger partial charge in [0.05, 0.1) is 70.0 Å². The van der Waals surface area contributed by atoms with Crippen molar-refractivity contribution in [1.29, 1.82) is 0 Å². The van der Waals surface area contributed by atoms with Crippen LogP contribution in [0.25, 0.3) is 0 Å². The number of ether oxygens (including phenoxy) is 11. The summed E-state index contributed by atoms with van der Waals surface area (Å²) in [5.74, 6) is 0.102. The van der Waals surface area contributed by atoms with Crippen molar-refractivity contribution in [2.75, 3.05) is 0 Å². The number of carbonyl (C=O) groups is 10. The van der Waals surface area contributed by atoms with Crippen LogP contribution in [-0.2, 0) is 100 Å². The van der Waals surface area contributed by atoms with Crippen LogP contribution in [0.2, 0.25) is 0 Å². The van der Waals surface area contributed by atoms with E-state index in [0.29, 0.717) is 30.1 Å². The van der Waals surface area contributed by atoms with Crippen LogP contribution < -0.4 is 0 Å². The molecule has 0 amide bonds. The molecule has 0 aromatic heterocycles. The maximum atomic E-state index is 11.9. The van der Waals surface area contributed by atoms with Crippen LogP contribution in [0, 0.1) is 94.2 Å².